The molecule has 19 heavy (non-hydrogen) atoms. The highest BCUT2D eigenvalue weighted by atomic mass is 16.1. The lowest BCUT2D eigenvalue weighted by Gasteiger charge is -2.05. The van der Waals surface area contributed by atoms with Crippen molar-refractivity contribution in [2.45, 2.75) is 19.8 Å². The number of carbonyl (C=O) groups excluding carboxylic acids is 1. The monoisotopic (exact) mass is 259 g/mol. The lowest BCUT2D eigenvalue weighted by atomic mass is 10.1. The Balaban J connectivity index is 1.94. The van der Waals surface area contributed by atoms with E-state index in [9.17, 15) is 4.79 Å². The van der Waals surface area contributed by atoms with E-state index < -0.39 is 0 Å². The van der Waals surface area contributed by atoms with E-state index in [0.29, 0.717) is 13.0 Å². The number of benzene rings is 1. The van der Waals surface area contributed by atoms with Crippen molar-refractivity contribution in [1.29, 1.82) is 0 Å². The molecule has 1 amide bonds. The minimum atomic E-state index is 0.104. The molecule has 0 unspecified atom stereocenters. The van der Waals surface area contributed by atoms with Gasteiger partial charge in [-0.2, -0.15) is 0 Å². The molecule has 0 spiro atoms. The molecule has 1 aromatic carbocycles. The third-order valence-electron chi connectivity index (χ3n) is 3.33. The number of fused-ring (bicyclic) bond motifs is 1. The Kier molecular flexibility index (Phi) is 4.58. The Morgan fingerprint density at radius 2 is 2.05 bits per heavy atom. The summed E-state index contributed by atoms with van der Waals surface area (Å²) in [5.41, 5.74) is 3.65. The molecular weight excluding hydrogens is 238 g/mol. The number of aromatic nitrogens is 1. The second-order valence-electron chi connectivity index (χ2n) is 4.73. The fraction of sp³-hybridized carbons (Fsp3) is 0.400. The Morgan fingerprint density at radius 3 is 2.84 bits per heavy atom. The highest BCUT2D eigenvalue weighted by Gasteiger charge is 2.08. The zero-order chi connectivity index (χ0) is 13.7. The molecule has 2 aromatic rings. The third kappa shape index (κ3) is 3.35. The van der Waals surface area contributed by atoms with Crippen LogP contribution >= 0.6 is 0 Å². The van der Waals surface area contributed by atoms with Crippen LogP contribution in [0.2, 0.25) is 0 Å². The van der Waals surface area contributed by atoms with Crippen LogP contribution in [0, 0.1) is 6.92 Å². The van der Waals surface area contributed by atoms with Gasteiger partial charge in [0.15, 0.2) is 0 Å². The maximum atomic E-state index is 11.5. The summed E-state index contributed by atoms with van der Waals surface area (Å²) in [6, 6.07) is 8.28. The van der Waals surface area contributed by atoms with Crippen molar-refractivity contribution in [2.24, 2.45) is 0 Å². The number of H-pyrrole nitrogens is 1. The van der Waals surface area contributed by atoms with E-state index in [4.69, 9.17) is 0 Å². The first-order valence-electron chi connectivity index (χ1n) is 6.70. The molecule has 0 aliphatic heterocycles. The maximum Gasteiger partial charge on any atom is 0.221 e. The van der Waals surface area contributed by atoms with Crippen LogP contribution in [0.15, 0.2) is 24.3 Å². The van der Waals surface area contributed by atoms with Gasteiger partial charge in [0.1, 0.15) is 0 Å². The van der Waals surface area contributed by atoms with Crippen LogP contribution in [0.1, 0.15) is 17.7 Å². The van der Waals surface area contributed by atoms with E-state index >= 15 is 0 Å². The number of rotatable bonds is 6. The van der Waals surface area contributed by atoms with Gasteiger partial charge in [0.25, 0.3) is 0 Å². The van der Waals surface area contributed by atoms with Gasteiger partial charge in [0.2, 0.25) is 5.91 Å². The third-order valence-corrected chi connectivity index (χ3v) is 3.33. The predicted molar refractivity (Wildman–Crippen MR) is 78.3 cm³/mol. The molecule has 3 N–H and O–H groups in total. The van der Waals surface area contributed by atoms with Crippen LogP contribution in [0.4, 0.5) is 0 Å². The molecule has 0 bridgehead atoms. The molecule has 0 atom stereocenters. The van der Waals surface area contributed by atoms with E-state index in [1.807, 2.05) is 19.2 Å². The van der Waals surface area contributed by atoms with Gasteiger partial charge in [-0.05, 0) is 32.0 Å². The first kappa shape index (κ1) is 13.6. The minimum absolute atomic E-state index is 0.104. The zero-order valence-electron chi connectivity index (χ0n) is 11.5. The summed E-state index contributed by atoms with van der Waals surface area (Å²) in [5, 5.41) is 7.18. The van der Waals surface area contributed by atoms with Crippen molar-refractivity contribution < 1.29 is 4.79 Å². The lowest BCUT2D eigenvalue weighted by Crippen LogP contribution is -2.28. The zero-order valence-corrected chi connectivity index (χ0v) is 11.5. The summed E-state index contributed by atoms with van der Waals surface area (Å²) in [4.78, 5) is 14.9. The fourth-order valence-corrected chi connectivity index (χ4v) is 2.31. The number of nitrogens with one attached hydrogen (secondary N) is 3. The molecule has 2 rings (SSSR count). The first-order chi connectivity index (χ1) is 9.22. The minimum Gasteiger partial charge on any atom is -0.358 e. The van der Waals surface area contributed by atoms with E-state index in [2.05, 4.69) is 34.7 Å². The number of aromatic amines is 1. The highest BCUT2D eigenvalue weighted by molar-refractivity contribution is 5.84. The van der Waals surface area contributed by atoms with Gasteiger partial charge in [-0.3, -0.25) is 4.79 Å². The van der Waals surface area contributed by atoms with Crippen LogP contribution < -0.4 is 10.6 Å². The normalized spacial score (nSPS) is 10.8. The standard InChI is InChI=1S/C15H21N3O/c1-11-12(7-10-17-15(19)8-9-16-2)13-5-3-4-6-14(13)18-11/h3-6,16,18H,7-10H2,1-2H3,(H,17,19). The van der Waals surface area contributed by atoms with E-state index in [1.165, 1.54) is 16.6 Å². The average Bonchev–Trinajstić information content (AvgIpc) is 2.73. The number of amides is 1. The SMILES string of the molecule is CNCCC(=O)NCCc1c(C)[nH]c2ccccc12. The maximum absolute atomic E-state index is 11.5. The second-order valence-corrected chi connectivity index (χ2v) is 4.73. The molecule has 1 aromatic heterocycles. The number of para-hydroxylation sites is 1. The van der Waals surface area contributed by atoms with Gasteiger partial charge in [0, 0.05) is 36.1 Å². The van der Waals surface area contributed by atoms with Crippen molar-refractivity contribution in [1.82, 2.24) is 15.6 Å². The van der Waals surface area contributed by atoms with E-state index in [1.54, 1.807) is 0 Å². The molecule has 4 heteroatoms. The lowest BCUT2D eigenvalue weighted by molar-refractivity contribution is -0.120. The van der Waals surface area contributed by atoms with Crippen LogP contribution in [0.25, 0.3) is 10.9 Å². The molecule has 4 nitrogen and oxygen atoms in total. The number of hydrogen-bond acceptors (Lipinski definition) is 2. The summed E-state index contributed by atoms with van der Waals surface area (Å²) in [7, 11) is 1.85. The number of hydrogen-bond donors (Lipinski definition) is 3. The summed E-state index contributed by atoms with van der Waals surface area (Å²) in [6.45, 7) is 3.49. The Hall–Kier alpha value is -1.81. The van der Waals surface area contributed by atoms with Crippen LogP contribution in [-0.2, 0) is 11.2 Å². The molecule has 0 aliphatic carbocycles. The van der Waals surface area contributed by atoms with Gasteiger partial charge in [-0.15, -0.1) is 0 Å². The van der Waals surface area contributed by atoms with Crippen molar-refractivity contribution in [3.05, 3.63) is 35.5 Å². The topological polar surface area (TPSA) is 56.9 Å². The summed E-state index contributed by atoms with van der Waals surface area (Å²) in [5.74, 6) is 0.104. The van der Waals surface area contributed by atoms with Crippen molar-refractivity contribution in [2.75, 3.05) is 20.1 Å². The van der Waals surface area contributed by atoms with Crippen molar-refractivity contribution in [3.8, 4) is 0 Å². The van der Waals surface area contributed by atoms with Gasteiger partial charge in [-0.25, -0.2) is 0 Å². The van der Waals surface area contributed by atoms with Crippen LogP contribution in [0.5, 0.6) is 0 Å². The molecule has 0 radical (unpaired) electrons. The summed E-state index contributed by atoms with van der Waals surface area (Å²) >= 11 is 0. The van der Waals surface area contributed by atoms with Gasteiger partial charge in [0.05, 0.1) is 0 Å². The van der Waals surface area contributed by atoms with Crippen LogP contribution in [-0.4, -0.2) is 31.0 Å². The molecular formula is C15H21N3O. The number of carbonyl (C=O) groups is 1. The Labute approximate surface area is 113 Å². The van der Waals surface area contributed by atoms with Crippen molar-refractivity contribution in [3.63, 3.8) is 0 Å². The van der Waals surface area contributed by atoms with Gasteiger partial charge in [-0.1, -0.05) is 18.2 Å². The molecule has 0 fully saturated rings. The second kappa shape index (κ2) is 6.38. The average molecular weight is 259 g/mol. The molecule has 0 saturated heterocycles. The molecule has 0 aliphatic rings. The number of aryl methyl sites for hydroxylation is 1. The van der Waals surface area contributed by atoms with Crippen molar-refractivity contribution >= 4 is 16.8 Å². The Bertz CT molecular complexity index is 560. The van der Waals surface area contributed by atoms with Crippen LogP contribution in [0.3, 0.4) is 0 Å². The van der Waals surface area contributed by atoms with E-state index in [-0.39, 0.29) is 5.91 Å². The largest absolute Gasteiger partial charge is 0.358 e. The fourth-order valence-electron chi connectivity index (χ4n) is 2.31. The quantitative estimate of drug-likeness (QED) is 0.740. The molecule has 1 heterocycles. The van der Waals surface area contributed by atoms with Gasteiger partial charge >= 0.3 is 0 Å². The Morgan fingerprint density at radius 1 is 1.26 bits per heavy atom. The first-order valence-corrected chi connectivity index (χ1v) is 6.70. The molecule has 102 valence electrons. The molecule has 0 saturated carbocycles. The highest BCUT2D eigenvalue weighted by Crippen LogP contribution is 2.21. The van der Waals surface area contributed by atoms with E-state index in [0.717, 1.165) is 18.5 Å². The smallest absolute Gasteiger partial charge is 0.221 e. The summed E-state index contributed by atoms with van der Waals surface area (Å²) < 4.78 is 0. The summed E-state index contributed by atoms with van der Waals surface area (Å²) in [6.07, 6.45) is 1.39. The predicted octanol–water partition coefficient (Wildman–Crippen LogP) is 1.74. The van der Waals surface area contributed by atoms with Gasteiger partial charge < -0.3 is 15.6 Å².